The maximum absolute atomic E-state index is 12.4. The van der Waals surface area contributed by atoms with Crippen LogP contribution in [0.1, 0.15) is 41.7 Å². The summed E-state index contributed by atoms with van der Waals surface area (Å²) in [4.78, 5) is 16.6. The Hall–Kier alpha value is -2.87. The number of amides is 1. The summed E-state index contributed by atoms with van der Waals surface area (Å²) in [5, 5.41) is 15.5. The third-order valence-electron chi connectivity index (χ3n) is 4.51. The summed E-state index contributed by atoms with van der Waals surface area (Å²) in [5.74, 6) is 0.0175. The fraction of sp³-hybridized carbons (Fsp3) is 0.350. The molecule has 25 heavy (non-hydrogen) atoms. The van der Waals surface area contributed by atoms with Crippen LogP contribution in [-0.4, -0.2) is 16.9 Å². The number of nitrogens with one attached hydrogen (secondary N) is 2. The molecule has 5 nitrogen and oxygen atoms in total. The van der Waals surface area contributed by atoms with Crippen molar-refractivity contribution in [2.45, 2.75) is 38.3 Å². The number of hydrogen-bond donors (Lipinski definition) is 2. The Morgan fingerprint density at radius 1 is 1.24 bits per heavy atom. The van der Waals surface area contributed by atoms with Crippen molar-refractivity contribution in [3.8, 4) is 6.07 Å². The van der Waals surface area contributed by atoms with E-state index in [0.717, 1.165) is 37.1 Å². The van der Waals surface area contributed by atoms with Crippen molar-refractivity contribution in [3.05, 3.63) is 59.9 Å². The number of benzene rings is 1. The number of pyridine rings is 1. The Kier molecular flexibility index (Phi) is 5.63. The summed E-state index contributed by atoms with van der Waals surface area (Å²) in [6, 6.07) is 15.8. The van der Waals surface area contributed by atoms with E-state index in [9.17, 15) is 4.79 Å². The average Bonchev–Trinajstić information content (AvgIpc) is 2.67. The minimum absolute atomic E-state index is 0.118. The van der Waals surface area contributed by atoms with E-state index in [1.165, 1.54) is 0 Å². The predicted octanol–water partition coefficient (Wildman–Crippen LogP) is 3.51. The highest BCUT2D eigenvalue weighted by atomic mass is 16.1. The minimum Gasteiger partial charge on any atom is -0.382 e. The second kappa shape index (κ2) is 8.29. The van der Waals surface area contributed by atoms with Gasteiger partial charge in [-0.15, -0.1) is 0 Å². The van der Waals surface area contributed by atoms with Crippen LogP contribution in [0.25, 0.3) is 0 Å². The lowest BCUT2D eigenvalue weighted by Crippen LogP contribution is -2.27. The molecule has 1 amide bonds. The van der Waals surface area contributed by atoms with Crippen LogP contribution in [0, 0.1) is 17.2 Å². The molecule has 1 fully saturated rings. The summed E-state index contributed by atoms with van der Waals surface area (Å²) in [6.45, 7) is 0.407. The van der Waals surface area contributed by atoms with Gasteiger partial charge in [-0.3, -0.25) is 9.78 Å². The summed E-state index contributed by atoms with van der Waals surface area (Å²) in [6.07, 6.45) is 5.70. The van der Waals surface area contributed by atoms with E-state index in [1.807, 2.05) is 36.4 Å². The first-order valence-corrected chi connectivity index (χ1v) is 8.69. The molecule has 0 bridgehead atoms. The summed E-state index contributed by atoms with van der Waals surface area (Å²) in [7, 11) is 0. The van der Waals surface area contributed by atoms with Gasteiger partial charge in [0, 0.05) is 29.4 Å². The molecule has 0 saturated heterocycles. The van der Waals surface area contributed by atoms with Gasteiger partial charge in [0.05, 0.1) is 18.3 Å². The molecule has 128 valence electrons. The number of anilines is 1. The van der Waals surface area contributed by atoms with Crippen LogP contribution in [-0.2, 0) is 6.54 Å². The monoisotopic (exact) mass is 334 g/mol. The molecule has 3 rings (SSSR count). The molecule has 1 saturated carbocycles. The molecular weight excluding hydrogens is 312 g/mol. The SMILES string of the molecule is N#C[C@@H]1CCC[C@H](Nc2cccc(C(=O)NCc3ccccn3)c2)C1. The molecule has 0 aliphatic heterocycles. The first kappa shape index (κ1) is 17.0. The zero-order chi connectivity index (χ0) is 17.5. The van der Waals surface area contributed by atoms with Crippen molar-refractivity contribution in [2.24, 2.45) is 5.92 Å². The highest BCUT2D eigenvalue weighted by molar-refractivity contribution is 5.95. The Morgan fingerprint density at radius 3 is 2.96 bits per heavy atom. The topological polar surface area (TPSA) is 77.8 Å². The number of carbonyl (C=O) groups is 1. The van der Waals surface area contributed by atoms with Crippen molar-refractivity contribution in [2.75, 3.05) is 5.32 Å². The molecule has 1 aliphatic rings. The zero-order valence-corrected chi connectivity index (χ0v) is 14.1. The largest absolute Gasteiger partial charge is 0.382 e. The van der Waals surface area contributed by atoms with Gasteiger partial charge in [-0.1, -0.05) is 18.6 Å². The number of hydrogen-bond acceptors (Lipinski definition) is 4. The number of rotatable bonds is 5. The van der Waals surface area contributed by atoms with Crippen LogP contribution < -0.4 is 10.6 Å². The second-order valence-corrected chi connectivity index (χ2v) is 6.42. The first-order valence-electron chi connectivity index (χ1n) is 8.69. The van der Waals surface area contributed by atoms with Gasteiger partial charge in [0.25, 0.3) is 5.91 Å². The molecule has 2 atom stereocenters. The first-order chi connectivity index (χ1) is 12.2. The second-order valence-electron chi connectivity index (χ2n) is 6.42. The average molecular weight is 334 g/mol. The molecule has 0 spiro atoms. The van der Waals surface area contributed by atoms with Gasteiger partial charge >= 0.3 is 0 Å². The smallest absolute Gasteiger partial charge is 0.251 e. The lowest BCUT2D eigenvalue weighted by Gasteiger charge is -2.27. The minimum atomic E-state index is -0.118. The maximum atomic E-state index is 12.4. The molecule has 2 aromatic rings. The van der Waals surface area contributed by atoms with Gasteiger partial charge in [0.15, 0.2) is 0 Å². The standard InChI is InChI=1S/C20H22N4O/c21-13-15-5-3-8-17(11-15)24-18-9-4-6-16(12-18)20(25)23-14-19-7-1-2-10-22-19/h1-2,4,6-7,9-10,12,15,17,24H,3,5,8,11,14H2,(H,23,25)/t15-,17+/m1/s1. The van der Waals surface area contributed by atoms with Crippen LogP contribution in [0.2, 0.25) is 0 Å². The Balaban J connectivity index is 1.59. The Morgan fingerprint density at radius 2 is 2.16 bits per heavy atom. The number of nitrogens with zero attached hydrogens (tertiary/aromatic N) is 2. The van der Waals surface area contributed by atoms with Gasteiger partial charge in [-0.05, 0) is 49.6 Å². The summed E-state index contributed by atoms with van der Waals surface area (Å²) >= 11 is 0. The van der Waals surface area contributed by atoms with Crippen molar-refractivity contribution < 1.29 is 4.79 Å². The third-order valence-corrected chi connectivity index (χ3v) is 4.51. The molecule has 5 heteroatoms. The summed E-state index contributed by atoms with van der Waals surface area (Å²) in [5.41, 5.74) is 2.37. The lowest BCUT2D eigenvalue weighted by molar-refractivity contribution is 0.0950. The van der Waals surface area contributed by atoms with Crippen LogP contribution in [0.3, 0.4) is 0 Å². The Bertz CT molecular complexity index is 754. The number of aromatic nitrogens is 1. The van der Waals surface area contributed by atoms with Crippen molar-refractivity contribution in [1.82, 2.24) is 10.3 Å². The van der Waals surface area contributed by atoms with Crippen LogP contribution in [0.15, 0.2) is 48.7 Å². The Labute approximate surface area is 148 Å². The van der Waals surface area contributed by atoms with Gasteiger partial charge in [0.2, 0.25) is 0 Å². The number of nitriles is 1. The van der Waals surface area contributed by atoms with Crippen LogP contribution in [0.4, 0.5) is 5.69 Å². The van der Waals surface area contributed by atoms with Gasteiger partial charge in [-0.2, -0.15) is 5.26 Å². The highest BCUT2D eigenvalue weighted by Gasteiger charge is 2.21. The fourth-order valence-corrected chi connectivity index (χ4v) is 3.20. The molecule has 1 aromatic heterocycles. The van der Waals surface area contributed by atoms with Gasteiger partial charge in [-0.25, -0.2) is 0 Å². The highest BCUT2D eigenvalue weighted by Crippen LogP contribution is 2.26. The lowest BCUT2D eigenvalue weighted by atomic mass is 9.86. The van der Waals surface area contributed by atoms with E-state index in [-0.39, 0.29) is 11.8 Å². The fourth-order valence-electron chi connectivity index (χ4n) is 3.20. The zero-order valence-electron chi connectivity index (χ0n) is 14.1. The molecule has 0 radical (unpaired) electrons. The van der Waals surface area contributed by atoms with E-state index in [2.05, 4.69) is 21.7 Å². The van der Waals surface area contributed by atoms with Gasteiger partial charge in [0.1, 0.15) is 0 Å². The van der Waals surface area contributed by atoms with E-state index >= 15 is 0 Å². The van der Waals surface area contributed by atoms with Crippen LogP contribution in [0.5, 0.6) is 0 Å². The molecule has 1 heterocycles. The van der Waals surface area contributed by atoms with E-state index in [1.54, 1.807) is 12.3 Å². The van der Waals surface area contributed by atoms with Crippen molar-refractivity contribution in [3.63, 3.8) is 0 Å². The molecule has 1 aliphatic carbocycles. The van der Waals surface area contributed by atoms with E-state index in [4.69, 9.17) is 5.26 Å². The quantitative estimate of drug-likeness (QED) is 0.877. The van der Waals surface area contributed by atoms with Crippen molar-refractivity contribution >= 4 is 11.6 Å². The molecule has 2 N–H and O–H groups in total. The predicted molar refractivity (Wildman–Crippen MR) is 96.8 cm³/mol. The molecular formula is C20H22N4O. The summed E-state index contributed by atoms with van der Waals surface area (Å²) < 4.78 is 0. The van der Waals surface area contributed by atoms with Gasteiger partial charge < -0.3 is 10.6 Å². The van der Waals surface area contributed by atoms with E-state index in [0.29, 0.717) is 18.2 Å². The van der Waals surface area contributed by atoms with E-state index < -0.39 is 0 Å². The maximum Gasteiger partial charge on any atom is 0.251 e. The molecule has 1 aromatic carbocycles. The number of carbonyl (C=O) groups excluding carboxylic acids is 1. The third kappa shape index (κ3) is 4.80. The molecule has 0 unspecified atom stereocenters. The van der Waals surface area contributed by atoms with Crippen LogP contribution >= 0.6 is 0 Å². The van der Waals surface area contributed by atoms with Crippen molar-refractivity contribution in [1.29, 1.82) is 5.26 Å². The normalized spacial score (nSPS) is 19.6.